The Kier molecular flexibility index (Phi) is 6.11. The topological polar surface area (TPSA) is 64.1 Å². The molecule has 0 aliphatic carbocycles. The molecule has 21 heavy (non-hydrogen) atoms. The van der Waals surface area contributed by atoms with E-state index < -0.39 is 0 Å². The van der Waals surface area contributed by atoms with Crippen molar-refractivity contribution < 1.29 is 21.9 Å². The molecule has 0 fully saturated rings. The number of anilines is 2. The molecule has 0 saturated heterocycles. The van der Waals surface area contributed by atoms with Crippen LogP contribution in [0.2, 0.25) is 0 Å². The monoisotopic (exact) mass is 306 g/mol. The van der Waals surface area contributed by atoms with Crippen molar-refractivity contribution in [3.63, 3.8) is 0 Å². The van der Waals surface area contributed by atoms with Gasteiger partial charge >= 0.3 is 5.97 Å². The van der Waals surface area contributed by atoms with Gasteiger partial charge in [0, 0.05) is 17.4 Å². The van der Waals surface area contributed by atoms with E-state index >= 15 is 0 Å². The molecule has 6 heteroatoms. The summed E-state index contributed by atoms with van der Waals surface area (Å²) in [5, 5.41) is 3.16. The normalized spacial score (nSPS) is 9.67. The lowest BCUT2D eigenvalue weighted by molar-refractivity contribution is -0.0000224. The smallest absolute Gasteiger partial charge is 0.338 e. The van der Waals surface area contributed by atoms with E-state index in [4.69, 9.17) is 4.74 Å². The second-order valence-electron chi connectivity index (χ2n) is 4.37. The molecule has 1 aromatic heterocycles. The molecule has 0 aliphatic rings. The number of nitrogens with one attached hydrogen (secondary N) is 1. The van der Waals surface area contributed by atoms with Crippen molar-refractivity contribution in [3.8, 4) is 0 Å². The van der Waals surface area contributed by atoms with Gasteiger partial charge in [-0.3, -0.25) is 0 Å². The molecular weight excluding hydrogens is 290 g/mol. The predicted octanol–water partition coefficient (Wildman–Crippen LogP) is 0.0177. The van der Waals surface area contributed by atoms with Crippen LogP contribution in [0, 0.1) is 13.8 Å². The molecule has 0 radical (unpaired) electrons. The first-order valence-corrected chi connectivity index (χ1v) is 6.45. The SMILES string of the molecule is CCOC(=O)c1cccc(Nc2cc(C)nc(C)n2)c1.[Cl-]. The lowest BCUT2D eigenvalue weighted by Crippen LogP contribution is -3.00. The fourth-order valence-corrected chi connectivity index (χ4v) is 1.87. The summed E-state index contributed by atoms with van der Waals surface area (Å²) in [6.45, 7) is 5.90. The van der Waals surface area contributed by atoms with E-state index in [-0.39, 0.29) is 18.4 Å². The van der Waals surface area contributed by atoms with Gasteiger partial charge in [-0.25, -0.2) is 14.8 Å². The minimum Gasteiger partial charge on any atom is -1.00 e. The number of carbonyl (C=O) groups excluding carboxylic acids is 1. The molecular formula is C15H17ClN3O2-. The Morgan fingerprint density at radius 2 is 2.00 bits per heavy atom. The number of carbonyl (C=O) groups is 1. The summed E-state index contributed by atoms with van der Waals surface area (Å²) in [5.41, 5.74) is 2.19. The zero-order chi connectivity index (χ0) is 14.5. The van der Waals surface area contributed by atoms with Gasteiger partial charge in [0.2, 0.25) is 0 Å². The van der Waals surface area contributed by atoms with Crippen molar-refractivity contribution in [2.75, 3.05) is 11.9 Å². The third kappa shape index (κ3) is 4.72. The number of benzene rings is 1. The van der Waals surface area contributed by atoms with Gasteiger partial charge < -0.3 is 22.5 Å². The zero-order valence-corrected chi connectivity index (χ0v) is 12.9. The fraction of sp³-hybridized carbons (Fsp3) is 0.267. The highest BCUT2D eigenvalue weighted by atomic mass is 35.5. The van der Waals surface area contributed by atoms with Gasteiger partial charge in [-0.05, 0) is 39.0 Å². The summed E-state index contributed by atoms with van der Waals surface area (Å²) in [7, 11) is 0. The molecule has 1 N–H and O–H groups in total. The zero-order valence-electron chi connectivity index (χ0n) is 12.2. The van der Waals surface area contributed by atoms with Crippen molar-refractivity contribution in [1.29, 1.82) is 0 Å². The van der Waals surface area contributed by atoms with E-state index in [1.54, 1.807) is 25.1 Å². The Balaban J connectivity index is 0.00000220. The summed E-state index contributed by atoms with van der Waals surface area (Å²) in [6, 6.07) is 8.99. The number of aromatic nitrogens is 2. The van der Waals surface area contributed by atoms with Crippen molar-refractivity contribution in [2.45, 2.75) is 20.8 Å². The average Bonchev–Trinajstić information content (AvgIpc) is 2.38. The van der Waals surface area contributed by atoms with Gasteiger partial charge in [0.1, 0.15) is 11.6 Å². The van der Waals surface area contributed by atoms with Crippen molar-refractivity contribution in [2.24, 2.45) is 0 Å². The van der Waals surface area contributed by atoms with Crippen LogP contribution < -0.4 is 17.7 Å². The Hall–Kier alpha value is -2.14. The van der Waals surface area contributed by atoms with Gasteiger partial charge in [-0.1, -0.05) is 6.07 Å². The highest BCUT2D eigenvalue weighted by molar-refractivity contribution is 5.90. The number of halogens is 1. The molecule has 2 rings (SSSR count). The number of aryl methyl sites for hydroxylation is 2. The minimum absolute atomic E-state index is 0. The van der Waals surface area contributed by atoms with Crippen molar-refractivity contribution in [3.05, 3.63) is 47.4 Å². The Morgan fingerprint density at radius 3 is 2.67 bits per heavy atom. The summed E-state index contributed by atoms with van der Waals surface area (Å²) >= 11 is 0. The van der Waals surface area contributed by atoms with Crippen LogP contribution in [0.5, 0.6) is 0 Å². The molecule has 0 atom stereocenters. The second kappa shape index (κ2) is 7.59. The number of hydrogen-bond donors (Lipinski definition) is 1. The van der Waals surface area contributed by atoms with Crippen LogP contribution in [0.15, 0.2) is 30.3 Å². The second-order valence-corrected chi connectivity index (χ2v) is 4.37. The van der Waals surface area contributed by atoms with E-state index in [0.29, 0.717) is 23.8 Å². The molecule has 0 unspecified atom stereocenters. The van der Waals surface area contributed by atoms with Crippen LogP contribution in [0.25, 0.3) is 0 Å². The molecule has 0 spiro atoms. The van der Waals surface area contributed by atoms with Gasteiger partial charge in [-0.15, -0.1) is 0 Å². The lowest BCUT2D eigenvalue weighted by Gasteiger charge is -2.08. The Labute approximate surface area is 130 Å². The van der Waals surface area contributed by atoms with E-state index in [0.717, 1.165) is 11.4 Å². The predicted molar refractivity (Wildman–Crippen MR) is 77.2 cm³/mol. The third-order valence-electron chi connectivity index (χ3n) is 2.61. The van der Waals surface area contributed by atoms with E-state index in [2.05, 4.69) is 15.3 Å². The fourth-order valence-electron chi connectivity index (χ4n) is 1.87. The van der Waals surface area contributed by atoms with Crippen LogP contribution in [0.3, 0.4) is 0 Å². The van der Waals surface area contributed by atoms with Crippen LogP contribution >= 0.6 is 0 Å². The number of nitrogens with zero attached hydrogens (tertiary/aromatic N) is 2. The highest BCUT2D eigenvalue weighted by Gasteiger charge is 2.07. The lowest BCUT2D eigenvalue weighted by atomic mass is 10.2. The third-order valence-corrected chi connectivity index (χ3v) is 2.61. The van der Waals surface area contributed by atoms with E-state index in [1.165, 1.54) is 0 Å². The van der Waals surface area contributed by atoms with Crippen LogP contribution in [0.4, 0.5) is 11.5 Å². The molecule has 1 aromatic carbocycles. The first kappa shape index (κ1) is 16.9. The Morgan fingerprint density at radius 1 is 1.24 bits per heavy atom. The maximum absolute atomic E-state index is 11.7. The summed E-state index contributed by atoms with van der Waals surface area (Å²) < 4.78 is 4.98. The first-order valence-electron chi connectivity index (χ1n) is 6.45. The van der Waals surface area contributed by atoms with Crippen LogP contribution in [-0.4, -0.2) is 22.5 Å². The summed E-state index contributed by atoms with van der Waals surface area (Å²) in [5.74, 6) is 1.08. The molecule has 0 bridgehead atoms. The molecule has 1 heterocycles. The number of ether oxygens (including phenoxy) is 1. The van der Waals surface area contributed by atoms with E-state index in [9.17, 15) is 4.79 Å². The molecule has 0 saturated carbocycles. The largest absolute Gasteiger partial charge is 1.00 e. The Bertz CT molecular complexity index is 612. The molecule has 112 valence electrons. The van der Waals surface area contributed by atoms with Gasteiger partial charge in [0.05, 0.1) is 12.2 Å². The maximum Gasteiger partial charge on any atom is 0.338 e. The quantitative estimate of drug-likeness (QED) is 0.807. The molecule has 0 amide bonds. The maximum atomic E-state index is 11.7. The van der Waals surface area contributed by atoms with E-state index in [1.807, 2.05) is 26.0 Å². The number of rotatable bonds is 4. The number of esters is 1. The average molecular weight is 307 g/mol. The highest BCUT2D eigenvalue weighted by Crippen LogP contribution is 2.17. The van der Waals surface area contributed by atoms with Gasteiger partial charge in [-0.2, -0.15) is 0 Å². The standard InChI is InChI=1S/C15H17N3O2.ClH/c1-4-20-15(19)12-6-5-7-13(9-12)18-14-8-10(2)16-11(3)17-14;/h5-9H,4H2,1-3H3,(H,16,17,18);1H/p-1. The van der Waals surface area contributed by atoms with Crippen LogP contribution in [-0.2, 0) is 4.74 Å². The van der Waals surface area contributed by atoms with Crippen LogP contribution in [0.1, 0.15) is 28.8 Å². The first-order chi connectivity index (χ1) is 9.58. The van der Waals surface area contributed by atoms with Gasteiger partial charge in [0.25, 0.3) is 0 Å². The molecule has 2 aromatic rings. The molecule has 5 nitrogen and oxygen atoms in total. The van der Waals surface area contributed by atoms with Gasteiger partial charge in [0.15, 0.2) is 0 Å². The number of hydrogen-bond acceptors (Lipinski definition) is 5. The minimum atomic E-state index is -0.328. The summed E-state index contributed by atoms with van der Waals surface area (Å²) in [4.78, 5) is 20.2. The van der Waals surface area contributed by atoms with Crippen molar-refractivity contribution in [1.82, 2.24) is 9.97 Å². The van der Waals surface area contributed by atoms with Crippen molar-refractivity contribution >= 4 is 17.5 Å². The molecule has 0 aliphatic heterocycles. The summed E-state index contributed by atoms with van der Waals surface area (Å²) in [6.07, 6.45) is 0.